The van der Waals surface area contributed by atoms with Crippen molar-refractivity contribution in [1.82, 2.24) is 15.1 Å². The molecular weight excluding hydrogens is 266 g/mol. The Labute approximate surface area is 118 Å². The van der Waals surface area contributed by atoms with E-state index in [9.17, 15) is 9.59 Å². The fraction of sp³-hybridized carbons (Fsp3) is 0.833. The fourth-order valence-corrected chi connectivity index (χ4v) is 3.26. The van der Waals surface area contributed by atoms with Crippen LogP contribution in [0, 0.1) is 0 Å². The third-order valence-electron chi connectivity index (χ3n) is 3.34. The summed E-state index contributed by atoms with van der Waals surface area (Å²) in [4.78, 5) is 26.8. The van der Waals surface area contributed by atoms with E-state index in [2.05, 4.69) is 24.1 Å². The standard InChI is InChI=1S/C12H23N3O3S/c1-4-14(5-2)7-6-13-12(18)15-9(3)19-8-10(15)11(16)17/h9-10H,4-8H2,1-3H3,(H,13,18)(H,16,17). The molecule has 0 spiro atoms. The number of rotatable bonds is 6. The van der Waals surface area contributed by atoms with Gasteiger partial charge in [0.1, 0.15) is 6.04 Å². The number of amides is 2. The van der Waals surface area contributed by atoms with Gasteiger partial charge in [0, 0.05) is 18.8 Å². The highest BCUT2D eigenvalue weighted by Crippen LogP contribution is 2.28. The lowest BCUT2D eigenvalue weighted by Gasteiger charge is -2.26. The lowest BCUT2D eigenvalue weighted by Crippen LogP contribution is -2.50. The van der Waals surface area contributed by atoms with E-state index in [0.717, 1.165) is 19.6 Å². The van der Waals surface area contributed by atoms with Gasteiger partial charge in [-0.05, 0) is 20.0 Å². The topological polar surface area (TPSA) is 72.9 Å². The molecule has 6 nitrogen and oxygen atoms in total. The Bertz CT molecular complexity index is 323. The van der Waals surface area contributed by atoms with Crippen molar-refractivity contribution in [3.63, 3.8) is 0 Å². The first-order valence-corrected chi connectivity index (χ1v) is 7.69. The molecule has 0 aromatic carbocycles. The minimum Gasteiger partial charge on any atom is -0.480 e. The molecule has 110 valence electrons. The molecule has 2 atom stereocenters. The summed E-state index contributed by atoms with van der Waals surface area (Å²) in [7, 11) is 0. The number of urea groups is 1. The Morgan fingerprint density at radius 2 is 2.05 bits per heavy atom. The maximum Gasteiger partial charge on any atom is 0.327 e. The molecule has 1 rings (SSSR count). The van der Waals surface area contributed by atoms with E-state index in [1.165, 1.54) is 16.7 Å². The summed E-state index contributed by atoms with van der Waals surface area (Å²) in [6.45, 7) is 9.22. The number of thioether (sulfide) groups is 1. The van der Waals surface area contributed by atoms with Gasteiger partial charge in [0.15, 0.2) is 0 Å². The first-order valence-electron chi connectivity index (χ1n) is 6.64. The molecular formula is C12H23N3O3S. The zero-order valence-corrected chi connectivity index (χ0v) is 12.6. The zero-order valence-electron chi connectivity index (χ0n) is 11.8. The molecule has 0 bridgehead atoms. The maximum atomic E-state index is 12.0. The van der Waals surface area contributed by atoms with Gasteiger partial charge in [-0.2, -0.15) is 0 Å². The van der Waals surface area contributed by atoms with Crippen molar-refractivity contribution in [1.29, 1.82) is 0 Å². The van der Waals surface area contributed by atoms with E-state index in [4.69, 9.17) is 5.11 Å². The Morgan fingerprint density at radius 3 is 2.58 bits per heavy atom. The predicted octanol–water partition coefficient (Wildman–Crippen LogP) is 0.886. The number of hydrogen-bond donors (Lipinski definition) is 2. The van der Waals surface area contributed by atoms with Crippen molar-refractivity contribution in [2.75, 3.05) is 31.9 Å². The SMILES string of the molecule is CCN(CC)CCNC(=O)N1C(C)SCC1C(=O)O. The van der Waals surface area contributed by atoms with E-state index in [-0.39, 0.29) is 11.4 Å². The lowest BCUT2D eigenvalue weighted by atomic mass is 10.3. The molecule has 2 N–H and O–H groups in total. The summed E-state index contributed by atoms with van der Waals surface area (Å²) in [5.74, 6) is -0.476. The number of nitrogens with one attached hydrogen (secondary N) is 1. The van der Waals surface area contributed by atoms with Crippen LogP contribution < -0.4 is 5.32 Å². The van der Waals surface area contributed by atoms with Gasteiger partial charge < -0.3 is 15.3 Å². The van der Waals surface area contributed by atoms with Crippen molar-refractivity contribution in [2.24, 2.45) is 0 Å². The fourth-order valence-electron chi connectivity index (χ4n) is 2.09. The average molecular weight is 289 g/mol. The monoisotopic (exact) mass is 289 g/mol. The Balaban J connectivity index is 2.45. The molecule has 1 aliphatic rings. The minimum absolute atomic E-state index is 0.0884. The smallest absolute Gasteiger partial charge is 0.327 e. The summed E-state index contributed by atoms with van der Waals surface area (Å²) in [5, 5.41) is 11.8. The second-order valence-corrected chi connectivity index (χ2v) is 5.80. The molecule has 1 heterocycles. The first-order chi connectivity index (χ1) is 9.01. The van der Waals surface area contributed by atoms with E-state index < -0.39 is 12.0 Å². The van der Waals surface area contributed by atoms with Crippen LogP contribution in [-0.2, 0) is 4.79 Å². The van der Waals surface area contributed by atoms with Crippen LogP contribution in [0.25, 0.3) is 0 Å². The average Bonchev–Trinajstić information content (AvgIpc) is 2.76. The molecule has 0 aliphatic carbocycles. The van der Waals surface area contributed by atoms with Crippen LogP contribution in [-0.4, -0.2) is 70.3 Å². The van der Waals surface area contributed by atoms with Crippen LogP contribution in [0.15, 0.2) is 0 Å². The van der Waals surface area contributed by atoms with Gasteiger partial charge in [-0.1, -0.05) is 13.8 Å². The number of aliphatic carboxylic acids is 1. The van der Waals surface area contributed by atoms with E-state index in [0.29, 0.717) is 12.3 Å². The molecule has 0 saturated carbocycles. The third kappa shape index (κ3) is 4.28. The summed E-state index contributed by atoms with van der Waals surface area (Å²) >= 11 is 1.49. The molecule has 2 unspecified atom stereocenters. The molecule has 2 amide bonds. The molecule has 1 aliphatic heterocycles. The van der Waals surface area contributed by atoms with Crippen LogP contribution in [0.5, 0.6) is 0 Å². The van der Waals surface area contributed by atoms with E-state index >= 15 is 0 Å². The van der Waals surface area contributed by atoms with Crippen molar-refractivity contribution in [2.45, 2.75) is 32.2 Å². The Hall–Kier alpha value is -0.950. The van der Waals surface area contributed by atoms with Gasteiger partial charge >= 0.3 is 12.0 Å². The number of carbonyl (C=O) groups excluding carboxylic acids is 1. The van der Waals surface area contributed by atoms with Gasteiger partial charge in [0.05, 0.1) is 5.37 Å². The summed E-state index contributed by atoms with van der Waals surface area (Å²) < 4.78 is 0. The second-order valence-electron chi connectivity index (χ2n) is 4.45. The van der Waals surface area contributed by atoms with Gasteiger partial charge in [0.25, 0.3) is 0 Å². The van der Waals surface area contributed by atoms with Crippen molar-refractivity contribution in [3.05, 3.63) is 0 Å². The van der Waals surface area contributed by atoms with Crippen LogP contribution in [0.4, 0.5) is 4.79 Å². The number of carboxylic acids is 1. The Morgan fingerprint density at radius 1 is 1.42 bits per heavy atom. The highest BCUT2D eigenvalue weighted by atomic mass is 32.2. The highest BCUT2D eigenvalue weighted by Gasteiger charge is 2.39. The number of carboxylic acid groups (broad SMARTS) is 1. The highest BCUT2D eigenvalue weighted by molar-refractivity contribution is 8.00. The number of carbonyl (C=O) groups is 2. The molecule has 7 heteroatoms. The van der Waals surface area contributed by atoms with Gasteiger partial charge in [-0.25, -0.2) is 9.59 Å². The first kappa shape index (κ1) is 16.1. The number of likely N-dealkylation sites (N-methyl/N-ethyl adjacent to an activating group) is 1. The third-order valence-corrected chi connectivity index (χ3v) is 4.56. The molecule has 0 aromatic rings. The van der Waals surface area contributed by atoms with E-state index in [1.54, 1.807) is 0 Å². The minimum atomic E-state index is -0.934. The lowest BCUT2D eigenvalue weighted by molar-refractivity contribution is -0.141. The van der Waals surface area contributed by atoms with Gasteiger partial charge in [-0.3, -0.25) is 4.90 Å². The normalized spacial score (nSPS) is 22.8. The maximum absolute atomic E-state index is 12.0. The van der Waals surface area contributed by atoms with Crippen LogP contribution in [0.2, 0.25) is 0 Å². The summed E-state index contributed by atoms with van der Waals surface area (Å²) in [5.41, 5.74) is 0. The summed E-state index contributed by atoms with van der Waals surface area (Å²) in [6.07, 6.45) is 0. The quantitative estimate of drug-likeness (QED) is 0.759. The van der Waals surface area contributed by atoms with Gasteiger partial charge in [0.2, 0.25) is 0 Å². The van der Waals surface area contributed by atoms with Crippen LogP contribution in [0.1, 0.15) is 20.8 Å². The number of nitrogens with zero attached hydrogens (tertiary/aromatic N) is 2. The van der Waals surface area contributed by atoms with Crippen LogP contribution in [0.3, 0.4) is 0 Å². The molecule has 1 fully saturated rings. The van der Waals surface area contributed by atoms with E-state index in [1.807, 2.05) is 6.92 Å². The largest absolute Gasteiger partial charge is 0.480 e. The van der Waals surface area contributed by atoms with Crippen molar-refractivity contribution < 1.29 is 14.7 Å². The number of hydrogen-bond acceptors (Lipinski definition) is 4. The Kier molecular flexibility index (Phi) is 6.44. The molecule has 19 heavy (non-hydrogen) atoms. The second kappa shape index (κ2) is 7.59. The van der Waals surface area contributed by atoms with Crippen LogP contribution >= 0.6 is 11.8 Å². The van der Waals surface area contributed by atoms with Gasteiger partial charge in [-0.15, -0.1) is 11.8 Å². The molecule has 0 aromatic heterocycles. The predicted molar refractivity (Wildman–Crippen MR) is 76.4 cm³/mol. The molecule has 1 saturated heterocycles. The van der Waals surface area contributed by atoms with Crippen molar-refractivity contribution in [3.8, 4) is 0 Å². The molecule has 0 radical (unpaired) electrons. The summed E-state index contributed by atoms with van der Waals surface area (Å²) in [6, 6.07) is -0.995. The zero-order chi connectivity index (χ0) is 14.4. The van der Waals surface area contributed by atoms with Crippen molar-refractivity contribution >= 4 is 23.8 Å².